The number of hydrazine groups is 1. The fourth-order valence-corrected chi connectivity index (χ4v) is 1.25. The summed E-state index contributed by atoms with van der Waals surface area (Å²) in [5.41, 5.74) is 3.56. The Balaban J connectivity index is 2.30. The second-order valence-electron chi connectivity index (χ2n) is 3.66. The minimum Gasteiger partial charge on any atom is -0.385 e. The summed E-state index contributed by atoms with van der Waals surface area (Å²) >= 11 is 0. The lowest BCUT2D eigenvalue weighted by Gasteiger charge is -2.10. The van der Waals surface area contributed by atoms with E-state index in [1.54, 1.807) is 6.20 Å². The second kappa shape index (κ2) is 6.21. The molecular formula is C10H19N5. The van der Waals surface area contributed by atoms with E-state index in [2.05, 4.69) is 34.7 Å². The number of nitrogens with two attached hydrogens (primary N) is 1. The minimum absolute atomic E-state index is 0.674. The zero-order valence-corrected chi connectivity index (χ0v) is 9.33. The largest absolute Gasteiger partial charge is 0.385 e. The van der Waals surface area contributed by atoms with Gasteiger partial charge in [0.2, 0.25) is 0 Å². The van der Waals surface area contributed by atoms with Crippen molar-refractivity contribution in [3.63, 3.8) is 0 Å². The van der Waals surface area contributed by atoms with Gasteiger partial charge in [-0.2, -0.15) is 0 Å². The summed E-state index contributed by atoms with van der Waals surface area (Å²) in [6.07, 6.45) is 2.84. The van der Waals surface area contributed by atoms with Crippen molar-refractivity contribution >= 4 is 11.5 Å². The summed E-state index contributed by atoms with van der Waals surface area (Å²) < 4.78 is 0. The molecule has 0 bridgehead atoms. The molecule has 5 heteroatoms. The van der Waals surface area contributed by atoms with Gasteiger partial charge in [-0.05, 0) is 33.1 Å². The van der Waals surface area contributed by atoms with Crippen LogP contribution in [0.1, 0.15) is 6.42 Å². The number of rotatable bonds is 6. The molecule has 0 aliphatic rings. The number of nitrogens with one attached hydrogen (secondary N) is 2. The van der Waals surface area contributed by atoms with Gasteiger partial charge in [0.15, 0.2) is 0 Å². The van der Waals surface area contributed by atoms with E-state index < -0.39 is 0 Å². The van der Waals surface area contributed by atoms with Gasteiger partial charge in [0.25, 0.3) is 0 Å². The lowest BCUT2D eigenvalue weighted by Crippen LogP contribution is -2.16. The summed E-state index contributed by atoms with van der Waals surface area (Å²) in [6, 6.07) is 3.81. The summed E-state index contributed by atoms with van der Waals surface area (Å²) in [4.78, 5) is 6.20. The Morgan fingerprint density at radius 1 is 1.47 bits per heavy atom. The lowest BCUT2D eigenvalue weighted by molar-refractivity contribution is 0.405. The molecule has 4 N–H and O–H groups in total. The zero-order valence-electron chi connectivity index (χ0n) is 9.33. The van der Waals surface area contributed by atoms with E-state index in [0.717, 1.165) is 25.2 Å². The van der Waals surface area contributed by atoms with Crippen LogP contribution in [0.5, 0.6) is 0 Å². The first-order valence-corrected chi connectivity index (χ1v) is 5.03. The molecule has 15 heavy (non-hydrogen) atoms. The Bertz CT molecular complexity index is 287. The van der Waals surface area contributed by atoms with E-state index >= 15 is 0 Å². The Hall–Kier alpha value is -1.33. The third kappa shape index (κ3) is 4.62. The van der Waals surface area contributed by atoms with Crippen LogP contribution in [0.25, 0.3) is 0 Å². The maximum Gasteiger partial charge on any atom is 0.141 e. The summed E-state index contributed by atoms with van der Waals surface area (Å²) in [7, 11) is 4.14. The van der Waals surface area contributed by atoms with E-state index in [-0.39, 0.29) is 0 Å². The maximum absolute atomic E-state index is 5.27. The molecule has 0 aliphatic heterocycles. The van der Waals surface area contributed by atoms with E-state index in [1.165, 1.54) is 0 Å². The topological polar surface area (TPSA) is 66.2 Å². The molecule has 1 aromatic heterocycles. The molecule has 0 unspecified atom stereocenters. The number of hydrogen-bond acceptors (Lipinski definition) is 5. The molecule has 1 aromatic rings. The van der Waals surface area contributed by atoms with Gasteiger partial charge in [-0.1, -0.05) is 0 Å². The highest BCUT2D eigenvalue weighted by atomic mass is 15.2. The average Bonchev–Trinajstić information content (AvgIpc) is 2.24. The molecule has 0 aliphatic carbocycles. The number of aromatic nitrogens is 1. The first kappa shape index (κ1) is 11.7. The number of nitrogen functional groups attached to an aromatic ring is 1. The van der Waals surface area contributed by atoms with Crippen LogP contribution in [-0.2, 0) is 0 Å². The molecular weight excluding hydrogens is 190 g/mol. The van der Waals surface area contributed by atoms with Gasteiger partial charge in [-0.3, -0.25) is 0 Å². The van der Waals surface area contributed by atoms with E-state index in [9.17, 15) is 0 Å². The number of nitrogens with zero attached hydrogens (tertiary/aromatic N) is 2. The monoisotopic (exact) mass is 209 g/mol. The fourth-order valence-electron chi connectivity index (χ4n) is 1.25. The van der Waals surface area contributed by atoms with Crippen molar-refractivity contribution < 1.29 is 0 Å². The standard InChI is InChI=1S/C10H19N5/c1-15(2)7-3-5-12-9-4-6-13-10(8-9)14-11/h4,6,8H,3,5,7,11H2,1-2H3,(H2,12,13,14). The van der Waals surface area contributed by atoms with Gasteiger partial charge in [0.05, 0.1) is 0 Å². The van der Waals surface area contributed by atoms with Crippen LogP contribution in [0.2, 0.25) is 0 Å². The SMILES string of the molecule is CN(C)CCCNc1ccnc(NN)c1. The third-order valence-corrected chi connectivity index (χ3v) is 2.02. The molecule has 0 fully saturated rings. The van der Waals surface area contributed by atoms with Crippen LogP contribution >= 0.6 is 0 Å². The first-order valence-electron chi connectivity index (χ1n) is 5.03. The van der Waals surface area contributed by atoms with Crippen molar-refractivity contribution in [2.24, 2.45) is 5.84 Å². The van der Waals surface area contributed by atoms with Crippen LogP contribution in [-0.4, -0.2) is 37.1 Å². The molecule has 0 atom stereocenters. The van der Waals surface area contributed by atoms with Crippen LogP contribution in [0.3, 0.4) is 0 Å². The average molecular weight is 209 g/mol. The van der Waals surface area contributed by atoms with Crippen molar-refractivity contribution in [1.82, 2.24) is 9.88 Å². The molecule has 0 saturated carbocycles. The summed E-state index contributed by atoms with van der Waals surface area (Å²) in [6.45, 7) is 2.03. The Morgan fingerprint density at radius 3 is 2.93 bits per heavy atom. The minimum atomic E-state index is 0.674. The number of hydrogen-bond donors (Lipinski definition) is 3. The van der Waals surface area contributed by atoms with E-state index in [4.69, 9.17) is 5.84 Å². The van der Waals surface area contributed by atoms with Crippen molar-refractivity contribution in [1.29, 1.82) is 0 Å². The molecule has 84 valence electrons. The van der Waals surface area contributed by atoms with Gasteiger partial charge in [0, 0.05) is 24.5 Å². The maximum atomic E-state index is 5.27. The Morgan fingerprint density at radius 2 is 2.27 bits per heavy atom. The van der Waals surface area contributed by atoms with Gasteiger partial charge in [-0.25, -0.2) is 10.8 Å². The predicted octanol–water partition coefficient (Wildman–Crippen LogP) is 0.731. The van der Waals surface area contributed by atoms with Crippen molar-refractivity contribution in [2.45, 2.75) is 6.42 Å². The first-order chi connectivity index (χ1) is 7.22. The summed E-state index contributed by atoms with van der Waals surface area (Å²) in [5, 5.41) is 3.31. The Kier molecular flexibility index (Phi) is 4.86. The van der Waals surface area contributed by atoms with Crippen LogP contribution in [0.4, 0.5) is 11.5 Å². The van der Waals surface area contributed by atoms with Crippen LogP contribution in [0, 0.1) is 0 Å². The van der Waals surface area contributed by atoms with Crippen molar-refractivity contribution in [3.8, 4) is 0 Å². The zero-order chi connectivity index (χ0) is 11.1. The molecule has 1 rings (SSSR count). The molecule has 5 nitrogen and oxygen atoms in total. The van der Waals surface area contributed by atoms with Crippen LogP contribution < -0.4 is 16.6 Å². The highest BCUT2D eigenvalue weighted by molar-refractivity contribution is 5.51. The molecule has 0 radical (unpaired) electrons. The Labute approximate surface area is 90.6 Å². The van der Waals surface area contributed by atoms with Crippen LogP contribution in [0.15, 0.2) is 18.3 Å². The highest BCUT2D eigenvalue weighted by Gasteiger charge is 1.95. The quantitative estimate of drug-likeness (QED) is 0.366. The lowest BCUT2D eigenvalue weighted by atomic mass is 10.3. The number of anilines is 2. The predicted molar refractivity (Wildman–Crippen MR) is 63.7 cm³/mol. The smallest absolute Gasteiger partial charge is 0.141 e. The molecule has 0 spiro atoms. The van der Waals surface area contributed by atoms with Crippen molar-refractivity contribution in [3.05, 3.63) is 18.3 Å². The molecule has 0 amide bonds. The van der Waals surface area contributed by atoms with Gasteiger partial charge in [-0.15, -0.1) is 0 Å². The third-order valence-electron chi connectivity index (χ3n) is 2.02. The molecule has 0 aromatic carbocycles. The fraction of sp³-hybridized carbons (Fsp3) is 0.500. The molecule has 1 heterocycles. The van der Waals surface area contributed by atoms with Gasteiger partial charge >= 0.3 is 0 Å². The van der Waals surface area contributed by atoms with Gasteiger partial charge in [0.1, 0.15) is 5.82 Å². The van der Waals surface area contributed by atoms with E-state index in [1.807, 2.05) is 12.1 Å². The normalized spacial score (nSPS) is 10.4. The number of pyridine rings is 1. The van der Waals surface area contributed by atoms with E-state index in [0.29, 0.717) is 5.82 Å². The second-order valence-corrected chi connectivity index (χ2v) is 3.66. The summed E-state index contributed by atoms with van der Waals surface area (Å²) in [5.74, 6) is 5.94. The highest BCUT2D eigenvalue weighted by Crippen LogP contribution is 2.10. The van der Waals surface area contributed by atoms with Gasteiger partial charge < -0.3 is 15.6 Å². The van der Waals surface area contributed by atoms with Crippen molar-refractivity contribution in [2.75, 3.05) is 37.9 Å². The molecule has 0 saturated heterocycles.